The molecule has 1 aliphatic rings. The third-order valence-electron chi connectivity index (χ3n) is 4.94. The Morgan fingerprint density at radius 3 is 2.79 bits per heavy atom. The lowest BCUT2D eigenvalue weighted by Crippen LogP contribution is -2.40. The number of hydrogen-bond donors (Lipinski definition) is 0. The topological polar surface area (TPSA) is 31.4 Å². The Hall–Kier alpha value is -0.693. The first kappa shape index (κ1) is 18.1. The second-order valence-corrected chi connectivity index (χ2v) is 15.0. The molecule has 0 unspecified atom stereocenters. The summed E-state index contributed by atoms with van der Waals surface area (Å²) >= 11 is 5.31. The van der Waals surface area contributed by atoms with E-state index in [-0.39, 0.29) is 5.04 Å². The van der Waals surface area contributed by atoms with Crippen LogP contribution in [-0.2, 0) is 17.5 Å². The number of fused-ring (bicyclic) bond motifs is 3. The predicted molar refractivity (Wildman–Crippen MR) is 106 cm³/mol. The summed E-state index contributed by atoms with van der Waals surface area (Å²) in [5.41, 5.74) is 3.34. The molecule has 3 nitrogen and oxygen atoms in total. The second kappa shape index (κ2) is 6.55. The average Bonchev–Trinajstić information content (AvgIpc) is 2.77. The maximum absolute atomic E-state index is 6.31. The fraction of sp³-hybridized carbons (Fsp3) is 0.500. The minimum absolute atomic E-state index is 0.209. The summed E-state index contributed by atoms with van der Waals surface area (Å²) in [5.74, 6) is 0.874. The van der Waals surface area contributed by atoms with Gasteiger partial charge in [-0.1, -0.05) is 20.8 Å². The SMILES string of the molecule is CC(C)(C)[Si](C)(C)OCc1cnc2c(c1)OCCc1cc(Br)sc1-2. The standard InChI is InChI=1S/C18H24BrNO2SSi/c1-18(2,3)24(4,5)22-11-12-8-14-16(20-10-12)17-13(6-7-21-14)9-15(19)23-17/h8-10H,6-7,11H2,1-5H3. The van der Waals surface area contributed by atoms with Gasteiger partial charge in [0.2, 0.25) is 0 Å². The van der Waals surface area contributed by atoms with Gasteiger partial charge in [-0.2, -0.15) is 0 Å². The van der Waals surface area contributed by atoms with E-state index in [1.807, 2.05) is 6.20 Å². The van der Waals surface area contributed by atoms with Crippen molar-refractivity contribution in [3.8, 4) is 16.3 Å². The minimum Gasteiger partial charge on any atom is -0.491 e. The summed E-state index contributed by atoms with van der Waals surface area (Å²) in [7, 11) is -1.76. The molecule has 0 spiro atoms. The number of ether oxygens (including phenoxy) is 1. The van der Waals surface area contributed by atoms with E-state index in [1.54, 1.807) is 11.3 Å². The van der Waals surface area contributed by atoms with Crippen molar-refractivity contribution in [3.05, 3.63) is 33.2 Å². The molecule has 24 heavy (non-hydrogen) atoms. The Bertz CT molecular complexity index is 752. The number of pyridine rings is 1. The highest BCUT2D eigenvalue weighted by Gasteiger charge is 2.37. The van der Waals surface area contributed by atoms with Crippen LogP contribution in [0.4, 0.5) is 0 Å². The predicted octanol–water partition coefficient (Wildman–Crippen LogP) is 6.03. The summed E-state index contributed by atoms with van der Waals surface area (Å²) in [4.78, 5) is 5.91. The minimum atomic E-state index is -1.76. The van der Waals surface area contributed by atoms with Gasteiger partial charge >= 0.3 is 0 Å². The van der Waals surface area contributed by atoms with Gasteiger partial charge in [-0.15, -0.1) is 11.3 Å². The molecule has 0 radical (unpaired) electrons. The molecule has 0 saturated carbocycles. The lowest BCUT2D eigenvalue weighted by Gasteiger charge is -2.36. The van der Waals surface area contributed by atoms with Crippen LogP contribution in [0.15, 0.2) is 22.1 Å². The number of hydrogen-bond acceptors (Lipinski definition) is 4. The van der Waals surface area contributed by atoms with Crippen molar-refractivity contribution in [1.29, 1.82) is 0 Å². The Kier molecular flexibility index (Phi) is 4.95. The highest BCUT2D eigenvalue weighted by Crippen LogP contribution is 2.42. The van der Waals surface area contributed by atoms with Gasteiger partial charge in [0.1, 0.15) is 11.4 Å². The molecule has 0 saturated heterocycles. The molecule has 1 aliphatic heterocycles. The van der Waals surface area contributed by atoms with Crippen LogP contribution in [0.3, 0.4) is 0 Å². The van der Waals surface area contributed by atoms with Gasteiger partial charge in [-0.25, -0.2) is 0 Å². The fourth-order valence-electron chi connectivity index (χ4n) is 2.38. The zero-order valence-electron chi connectivity index (χ0n) is 14.9. The first-order valence-corrected chi connectivity index (χ1v) is 12.7. The normalized spacial score (nSPS) is 14.6. The van der Waals surface area contributed by atoms with E-state index in [2.05, 4.69) is 61.9 Å². The van der Waals surface area contributed by atoms with E-state index in [0.29, 0.717) is 13.2 Å². The Morgan fingerprint density at radius 2 is 2.08 bits per heavy atom. The number of rotatable bonds is 3. The van der Waals surface area contributed by atoms with Crippen LogP contribution >= 0.6 is 27.3 Å². The first-order chi connectivity index (χ1) is 11.2. The molecule has 6 heteroatoms. The fourth-order valence-corrected chi connectivity index (χ4v) is 5.04. The Morgan fingerprint density at radius 1 is 1.33 bits per heavy atom. The van der Waals surface area contributed by atoms with Crippen molar-refractivity contribution in [3.63, 3.8) is 0 Å². The molecule has 0 amide bonds. The molecule has 2 aromatic heterocycles. The molecule has 0 aliphatic carbocycles. The van der Waals surface area contributed by atoms with E-state index < -0.39 is 8.32 Å². The lowest BCUT2D eigenvalue weighted by molar-refractivity contribution is 0.274. The number of halogens is 1. The van der Waals surface area contributed by atoms with Crippen LogP contribution in [0.25, 0.3) is 10.6 Å². The summed E-state index contributed by atoms with van der Waals surface area (Å²) in [6.45, 7) is 12.6. The van der Waals surface area contributed by atoms with Crippen LogP contribution in [-0.4, -0.2) is 19.9 Å². The average molecular weight is 426 g/mol. The molecule has 3 heterocycles. The maximum atomic E-state index is 6.31. The van der Waals surface area contributed by atoms with E-state index in [4.69, 9.17) is 14.1 Å². The first-order valence-electron chi connectivity index (χ1n) is 8.22. The zero-order valence-corrected chi connectivity index (χ0v) is 18.3. The van der Waals surface area contributed by atoms with Crippen LogP contribution in [0.5, 0.6) is 5.75 Å². The van der Waals surface area contributed by atoms with Gasteiger partial charge in [0.25, 0.3) is 0 Å². The quantitative estimate of drug-likeness (QED) is 0.562. The third-order valence-corrected chi connectivity index (χ3v) is 11.1. The highest BCUT2D eigenvalue weighted by atomic mass is 79.9. The van der Waals surface area contributed by atoms with Gasteiger partial charge in [0.05, 0.1) is 21.9 Å². The molecule has 2 aromatic rings. The number of nitrogens with zero attached hydrogens (tertiary/aromatic N) is 1. The van der Waals surface area contributed by atoms with Gasteiger partial charge in [-0.05, 0) is 57.3 Å². The van der Waals surface area contributed by atoms with Crippen molar-refractivity contribution in [2.75, 3.05) is 6.61 Å². The lowest BCUT2D eigenvalue weighted by atomic mass is 10.1. The van der Waals surface area contributed by atoms with Crippen LogP contribution < -0.4 is 4.74 Å². The van der Waals surface area contributed by atoms with Crippen molar-refractivity contribution in [2.45, 2.75) is 51.9 Å². The smallest absolute Gasteiger partial charge is 0.192 e. The van der Waals surface area contributed by atoms with Crippen molar-refractivity contribution < 1.29 is 9.16 Å². The Labute approximate surface area is 157 Å². The molecule has 0 aromatic carbocycles. The molecular weight excluding hydrogens is 402 g/mol. The van der Waals surface area contributed by atoms with Gasteiger partial charge in [0, 0.05) is 12.6 Å². The molecule has 0 N–H and O–H groups in total. The molecule has 3 rings (SSSR count). The van der Waals surface area contributed by atoms with Crippen LogP contribution in [0, 0.1) is 0 Å². The third kappa shape index (κ3) is 3.61. The monoisotopic (exact) mass is 425 g/mol. The van der Waals surface area contributed by atoms with Crippen molar-refractivity contribution in [1.82, 2.24) is 4.98 Å². The van der Waals surface area contributed by atoms with Crippen molar-refractivity contribution in [2.24, 2.45) is 0 Å². The van der Waals surface area contributed by atoms with E-state index in [1.165, 1.54) is 10.4 Å². The largest absolute Gasteiger partial charge is 0.491 e. The van der Waals surface area contributed by atoms with E-state index in [9.17, 15) is 0 Å². The van der Waals surface area contributed by atoms with Crippen LogP contribution in [0.1, 0.15) is 31.9 Å². The van der Waals surface area contributed by atoms with Gasteiger partial charge < -0.3 is 9.16 Å². The van der Waals surface area contributed by atoms with Gasteiger partial charge in [0.15, 0.2) is 8.32 Å². The van der Waals surface area contributed by atoms with Crippen LogP contribution in [0.2, 0.25) is 18.1 Å². The molecular formula is C18H24BrNO2SSi. The maximum Gasteiger partial charge on any atom is 0.192 e. The second-order valence-electron chi connectivity index (χ2n) is 7.74. The molecule has 0 bridgehead atoms. The highest BCUT2D eigenvalue weighted by molar-refractivity contribution is 9.11. The summed E-state index contributed by atoms with van der Waals surface area (Å²) in [6, 6.07) is 4.27. The van der Waals surface area contributed by atoms with Gasteiger partial charge in [-0.3, -0.25) is 4.98 Å². The summed E-state index contributed by atoms with van der Waals surface area (Å²) in [6.07, 6.45) is 2.85. The number of thiophene rings is 1. The number of aromatic nitrogens is 1. The molecule has 0 atom stereocenters. The molecule has 0 fully saturated rings. The van der Waals surface area contributed by atoms with E-state index in [0.717, 1.165) is 27.2 Å². The van der Waals surface area contributed by atoms with Crippen molar-refractivity contribution >= 4 is 35.6 Å². The summed E-state index contributed by atoms with van der Waals surface area (Å²) < 4.78 is 13.4. The summed E-state index contributed by atoms with van der Waals surface area (Å²) in [5, 5.41) is 0.209. The zero-order chi connectivity index (χ0) is 17.5. The van der Waals surface area contributed by atoms with E-state index >= 15 is 0 Å². The Balaban J connectivity index is 1.84. The molecule has 130 valence electrons.